The lowest BCUT2D eigenvalue weighted by Crippen LogP contribution is -2.04. The first-order chi connectivity index (χ1) is 6.36. The molecule has 0 unspecified atom stereocenters. The maximum atomic E-state index is 5.44. The van der Waals surface area contributed by atoms with Gasteiger partial charge in [-0.15, -0.1) is 0 Å². The largest absolute Gasteiger partial charge is 0.462 e. The third-order valence-electron chi connectivity index (χ3n) is 1.90. The fourth-order valence-corrected chi connectivity index (χ4v) is 1.29. The highest BCUT2D eigenvalue weighted by atomic mass is 16.5. The molecule has 1 aromatic carbocycles. The number of hydrogen-bond acceptors (Lipinski definition) is 1. The van der Waals surface area contributed by atoms with Crippen molar-refractivity contribution in [2.24, 2.45) is 0 Å². The van der Waals surface area contributed by atoms with E-state index in [1.54, 1.807) is 0 Å². The smallest absolute Gasteiger partial charge is 0.130 e. The van der Waals surface area contributed by atoms with Crippen LogP contribution in [0.5, 0.6) is 5.75 Å². The highest BCUT2D eigenvalue weighted by molar-refractivity contribution is 5.36. The fourth-order valence-electron chi connectivity index (χ4n) is 1.29. The van der Waals surface area contributed by atoms with Crippen LogP contribution in [0.25, 0.3) is 0 Å². The first kappa shape index (κ1) is 9.85. The molecule has 0 amide bonds. The molecule has 1 aliphatic heterocycles. The monoisotopic (exact) mass is 176 g/mol. The van der Waals surface area contributed by atoms with Gasteiger partial charge in [0, 0.05) is 6.42 Å². The van der Waals surface area contributed by atoms with Gasteiger partial charge < -0.3 is 4.74 Å². The second-order valence-electron chi connectivity index (χ2n) is 2.75. The minimum atomic E-state index is 0.878. The van der Waals surface area contributed by atoms with Crippen LogP contribution in [0.3, 0.4) is 0 Å². The van der Waals surface area contributed by atoms with Gasteiger partial charge >= 0.3 is 0 Å². The molecule has 1 aromatic rings. The molecule has 70 valence electrons. The fraction of sp³-hybridized carbons (Fsp3) is 0.333. The molecular formula is C12H16O. The van der Waals surface area contributed by atoms with Gasteiger partial charge in [0.05, 0.1) is 5.76 Å². The maximum absolute atomic E-state index is 5.44. The Morgan fingerprint density at radius 2 is 1.85 bits per heavy atom. The minimum Gasteiger partial charge on any atom is -0.462 e. The summed E-state index contributed by atoms with van der Waals surface area (Å²) in [5.74, 6) is 1.85. The van der Waals surface area contributed by atoms with Crippen LogP contribution in [0.1, 0.15) is 25.8 Å². The first-order valence-corrected chi connectivity index (χ1v) is 4.80. The van der Waals surface area contributed by atoms with Crippen LogP contribution in [0, 0.1) is 0 Å². The Balaban J connectivity index is 0.000000396. The van der Waals surface area contributed by atoms with E-state index in [1.807, 2.05) is 32.0 Å². The van der Waals surface area contributed by atoms with Crippen molar-refractivity contribution in [1.29, 1.82) is 0 Å². The molecule has 0 spiro atoms. The summed E-state index contributed by atoms with van der Waals surface area (Å²) in [5, 5.41) is 0. The Bertz CT molecular complexity index is 289. The van der Waals surface area contributed by atoms with Crippen molar-refractivity contribution in [3.05, 3.63) is 42.2 Å². The summed E-state index contributed by atoms with van der Waals surface area (Å²) in [6.07, 6.45) is 2.02. The summed E-state index contributed by atoms with van der Waals surface area (Å²) in [4.78, 5) is 0. The highest BCUT2D eigenvalue weighted by Gasteiger charge is 2.10. The van der Waals surface area contributed by atoms with Crippen molar-refractivity contribution < 1.29 is 4.74 Å². The molecular weight excluding hydrogens is 160 g/mol. The van der Waals surface area contributed by atoms with Crippen molar-refractivity contribution in [2.45, 2.75) is 26.7 Å². The zero-order chi connectivity index (χ0) is 9.68. The summed E-state index contributed by atoms with van der Waals surface area (Å²) in [7, 11) is 0. The van der Waals surface area contributed by atoms with E-state index in [1.165, 1.54) is 5.56 Å². The summed E-state index contributed by atoms with van der Waals surface area (Å²) in [5.41, 5.74) is 1.29. The molecule has 0 radical (unpaired) electrons. The molecule has 0 N–H and O–H groups in total. The van der Waals surface area contributed by atoms with Gasteiger partial charge in [-0.05, 0) is 18.1 Å². The Morgan fingerprint density at radius 1 is 1.15 bits per heavy atom. The lowest BCUT2D eigenvalue weighted by Gasteiger charge is -2.17. The third-order valence-corrected chi connectivity index (χ3v) is 1.90. The van der Waals surface area contributed by atoms with Gasteiger partial charge in [-0.1, -0.05) is 38.6 Å². The minimum absolute atomic E-state index is 0.878. The Hall–Kier alpha value is -1.24. The van der Waals surface area contributed by atoms with Crippen LogP contribution in [0.15, 0.2) is 36.6 Å². The summed E-state index contributed by atoms with van der Waals surface area (Å²) >= 11 is 0. The normalized spacial score (nSPS) is 13.5. The summed E-state index contributed by atoms with van der Waals surface area (Å²) in [6, 6.07) is 8.11. The molecule has 0 aromatic heterocycles. The van der Waals surface area contributed by atoms with Crippen molar-refractivity contribution in [2.75, 3.05) is 0 Å². The molecule has 0 saturated carbocycles. The molecule has 1 nitrogen and oxygen atoms in total. The van der Waals surface area contributed by atoms with Gasteiger partial charge in [-0.3, -0.25) is 0 Å². The standard InChI is InChI=1S/C10H10O.C2H6/c1-8-6-7-9-4-2-3-5-10(9)11-8;1-2/h2-5H,1,6-7H2;1-2H3. The molecule has 1 aliphatic rings. The zero-order valence-corrected chi connectivity index (χ0v) is 8.34. The molecule has 1 heteroatoms. The maximum Gasteiger partial charge on any atom is 0.130 e. The molecule has 0 fully saturated rings. The number of fused-ring (bicyclic) bond motifs is 1. The molecule has 13 heavy (non-hydrogen) atoms. The van der Waals surface area contributed by atoms with E-state index in [0.717, 1.165) is 24.4 Å². The lowest BCUT2D eigenvalue weighted by molar-refractivity contribution is 0.381. The average molecular weight is 176 g/mol. The second-order valence-corrected chi connectivity index (χ2v) is 2.75. The van der Waals surface area contributed by atoms with E-state index in [2.05, 4.69) is 12.6 Å². The van der Waals surface area contributed by atoms with E-state index in [4.69, 9.17) is 4.74 Å². The van der Waals surface area contributed by atoms with Crippen LogP contribution < -0.4 is 4.74 Å². The lowest BCUT2D eigenvalue weighted by atomic mass is 10.1. The number of rotatable bonds is 0. The summed E-state index contributed by atoms with van der Waals surface area (Å²) < 4.78 is 5.44. The number of ether oxygens (including phenoxy) is 1. The predicted molar refractivity (Wildman–Crippen MR) is 55.9 cm³/mol. The van der Waals surface area contributed by atoms with Gasteiger partial charge in [0.15, 0.2) is 0 Å². The van der Waals surface area contributed by atoms with Gasteiger partial charge in [-0.2, -0.15) is 0 Å². The van der Waals surface area contributed by atoms with Crippen molar-refractivity contribution in [1.82, 2.24) is 0 Å². The second kappa shape index (κ2) is 4.70. The number of para-hydroxylation sites is 1. The number of hydrogen-bond donors (Lipinski definition) is 0. The van der Waals surface area contributed by atoms with Crippen molar-refractivity contribution >= 4 is 0 Å². The van der Waals surface area contributed by atoms with Crippen LogP contribution in [0.2, 0.25) is 0 Å². The third kappa shape index (κ3) is 2.35. The molecule has 0 aliphatic carbocycles. The quantitative estimate of drug-likeness (QED) is 0.587. The van der Waals surface area contributed by atoms with E-state index in [9.17, 15) is 0 Å². The van der Waals surface area contributed by atoms with Gasteiger partial charge in [0.1, 0.15) is 5.75 Å². The van der Waals surface area contributed by atoms with Gasteiger partial charge in [-0.25, -0.2) is 0 Å². The first-order valence-electron chi connectivity index (χ1n) is 4.80. The molecule has 0 atom stereocenters. The van der Waals surface area contributed by atoms with Crippen LogP contribution in [0.4, 0.5) is 0 Å². The number of benzene rings is 1. The molecule has 0 saturated heterocycles. The van der Waals surface area contributed by atoms with E-state index in [-0.39, 0.29) is 0 Å². The molecule has 2 rings (SSSR count). The topological polar surface area (TPSA) is 9.23 Å². The van der Waals surface area contributed by atoms with Crippen LogP contribution in [-0.2, 0) is 6.42 Å². The van der Waals surface area contributed by atoms with Gasteiger partial charge in [0.2, 0.25) is 0 Å². The van der Waals surface area contributed by atoms with Crippen molar-refractivity contribution in [3.63, 3.8) is 0 Å². The predicted octanol–water partition coefficient (Wildman–Crippen LogP) is 3.55. The highest BCUT2D eigenvalue weighted by Crippen LogP contribution is 2.27. The van der Waals surface area contributed by atoms with E-state index < -0.39 is 0 Å². The Labute approximate surface area is 80.0 Å². The van der Waals surface area contributed by atoms with E-state index >= 15 is 0 Å². The molecule has 1 heterocycles. The SMILES string of the molecule is C=C1CCc2ccccc2O1.CC. The van der Waals surface area contributed by atoms with E-state index in [0.29, 0.717) is 0 Å². The van der Waals surface area contributed by atoms with Gasteiger partial charge in [0.25, 0.3) is 0 Å². The number of aryl methyl sites for hydroxylation is 1. The zero-order valence-electron chi connectivity index (χ0n) is 8.34. The Kier molecular flexibility index (Phi) is 3.56. The number of allylic oxidation sites excluding steroid dienone is 1. The Morgan fingerprint density at radius 3 is 2.62 bits per heavy atom. The van der Waals surface area contributed by atoms with Crippen LogP contribution in [-0.4, -0.2) is 0 Å². The summed E-state index contributed by atoms with van der Waals surface area (Å²) in [6.45, 7) is 7.79. The van der Waals surface area contributed by atoms with Crippen LogP contribution >= 0.6 is 0 Å². The average Bonchev–Trinajstić information content (AvgIpc) is 2.21. The van der Waals surface area contributed by atoms with Crippen molar-refractivity contribution in [3.8, 4) is 5.75 Å². The molecule has 0 bridgehead atoms.